The summed E-state index contributed by atoms with van der Waals surface area (Å²) in [6.45, 7) is 3.13. The fourth-order valence-corrected chi connectivity index (χ4v) is 4.35. The van der Waals surface area contributed by atoms with Gasteiger partial charge in [-0.3, -0.25) is 10.1 Å². The second kappa shape index (κ2) is 6.93. The number of rotatable bonds is 6. The molecular weight excluding hydrogens is 280 g/mol. The van der Waals surface area contributed by atoms with Crippen LogP contribution in [0.1, 0.15) is 63.6 Å². The number of hydrogen-bond donors (Lipinski definition) is 1. The lowest BCUT2D eigenvalue weighted by atomic mass is 10.1. The van der Waals surface area contributed by atoms with Gasteiger partial charge in [0.2, 0.25) is 5.91 Å². The van der Waals surface area contributed by atoms with Gasteiger partial charge in [-0.1, -0.05) is 32.6 Å². The fourth-order valence-electron chi connectivity index (χ4n) is 3.67. The Labute approximate surface area is 131 Å². The van der Waals surface area contributed by atoms with E-state index in [2.05, 4.69) is 34.0 Å². The van der Waals surface area contributed by atoms with Crippen LogP contribution in [-0.2, 0) is 4.79 Å². The van der Waals surface area contributed by atoms with Crippen molar-refractivity contribution in [3.63, 3.8) is 0 Å². The van der Waals surface area contributed by atoms with Crippen LogP contribution in [-0.4, -0.2) is 23.4 Å². The maximum Gasteiger partial charge on any atom is 0.241 e. The van der Waals surface area contributed by atoms with Gasteiger partial charge in [-0.15, -0.1) is 0 Å². The van der Waals surface area contributed by atoms with Gasteiger partial charge in [-0.25, -0.2) is 0 Å². The molecule has 21 heavy (non-hydrogen) atoms. The van der Waals surface area contributed by atoms with E-state index in [0.29, 0.717) is 11.8 Å². The standard InChI is InChI=1S/C17H26N2OS/c1-2-3-8-15-17(20)19(11-13-6-4-5-7-13)16(18-15)14-9-10-21-12-14/h9-10,12-13,15-16,18H,2-8,11H2,1H3. The number of thiophene rings is 1. The maximum absolute atomic E-state index is 12.8. The summed E-state index contributed by atoms with van der Waals surface area (Å²) in [6, 6.07) is 2.18. The molecule has 1 aromatic rings. The molecule has 2 aliphatic rings. The zero-order valence-corrected chi connectivity index (χ0v) is 13.7. The highest BCUT2D eigenvalue weighted by molar-refractivity contribution is 7.07. The second-order valence-electron chi connectivity index (χ2n) is 6.46. The number of amides is 1. The van der Waals surface area contributed by atoms with Gasteiger partial charge in [-0.05, 0) is 47.6 Å². The van der Waals surface area contributed by atoms with Crippen molar-refractivity contribution >= 4 is 17.2 Å². The van der Waals surface area contributed by atoms with Crippen LogP contribution in [0.5, 0.6) is 0 Å². The maximum atomic E-state index is 12.8. The summed E-state index contributed by atoms with van der Waals surface area (Å²) in [5.74, 6) is 1.04. The number of carbonyl (C=O) groups excluding carboxylic acids is 1. The molecule has 0 aromatic carbocycles. The highest BCUT2D eigenvalue weighted by Gasteiger charge is 2.40. The number of nitrogens with one attached hydrogen (secondary N) is 1. The van der Waals surface area contributed by atoms with Gasteiger partial charge in [0.05, 0.1) is 6.04 Å². The third-order valence-corrected chi connectivity index (χ3v) is 5.59. The van der Waals surface area contributed by atoms with Crippen molar-refractivity contribution in [2.75, 3.05) is 6.54 Å². The summed E-state index contributed by atoms with van der Waals surface area (Å²) in [7, 11) is 0. The van der Waals surface area contributed by atoms with Crippen molar-refractivity contribution in [2.45, 2.75) is 64.1 Å². The minimum atomic E-state index is 0.0243. The smallest absolute Gasteiger partial charge is 0.241 e. The van der Waals surface area contributed by atoms with E-state index in [4.69, 9.17) is 0 Å². The molecule has 2 atom stereocenters. The number of unbranched alkanes of at least 4 members (excludes halogenated alkanes) is 1. The van der Waals surface area contributed by atoms with Crippen LogP contribution in [0.25, 0.3) is 0 Å². The molecule has 2 fully saturated rings. The Bertz CT molecular complexity index is 453. The Morgan fingerprint density at radius 2 is 2.19 bits per heavy atom. The summed E-state index contributed by atoms with van der Waals surface area (Å²) in [6.07, 6.45) is 8.60. The predicted octanol–water partition coefficient (Wildman–Crippen LogP) is 3.93. The summed E-state index contributed by atoms with van der Waals surface area (Å²) in [4.78, 5) is 14.9. The molecule has 0 bridgehead atoms. The Morgan fingerprint density at radius 1 is 1.38 bits per heavy atom. The highest BCUT2D eigenvalue weighted by Crippen LogP contribution is 2.33. The predicted molar refractivity (Wildman–Crippen MR) is 87.2 cm³/mol. The van der Waals surface area contributed by atoms with E-state index < -0.39 is 0 Å². The van der Waals surface area contributed by atoms with Gasteiger partial charge in [0, 0.05) is 6.54 Å². The van der Waals surface area contributed by atoms with Crippen LogP contribution in [0.4, 0.5) is 0 Å². The van der Waals surface area contributed by atoms with Gasteiger partial charge >= 0.3 is 0 Å². The lowest BCUT2D eigenvalue weighted by molar-refractivity contribution is -0.130. The molecule has 1 amide bonds. The SMILES string of the molecule is CCCCC1NC(c2ccsc2)N(CC2CCCC2)C1=O. The molecular formula is C17H26N2OS. The molecule has 2 unspecified atom stereocenters. The van der Waals surface area contributed by atoms with Crippen LogP contribution in [0.15, 0.2) is 16.8 Å². The molecule has 3 nitrogen and oxygen atoms in total. The average Bonchev–Trinajstić information content (AvgIpc) is 3.21. The minimum absolute atomic E-state index is 0.0243. The summed E-state index contributed by atoms with van der Waals surface area (Å²) in [5, 5.41) is 7.87. The van der Waals surface area contributed by atoms with Gasteiger partial charge in [0.1, 0.15) is 6.17 Å². The Hall–Kier alpha value is -0.870. The van der Waals surface area contributed by atoms with Crippen LogP contribution in [0, 0.1) is 5.92 Å². The monoisotopic (exact) mass is 306 g/mol. The second-order valence-corrected chi connectivity index (χ2v) is 7.24. The van der Waals surface area contributed by atoms with Crippen molar-refractivity contribution in [3.8, 4) is 0 Å². The first kappa shape index (κ1) is 15.0. The molecule has 0 spiro atoms. The molecule has 1 saturated carbocycles. The molecule has 1 saturated heterocycles. The summed E-state index contributed by atoms with van der Waals surface area (Å²) in [5.41, 5.74) is 1.25. The van der Waals surface area contributed by atoms with Crippen LogP contribution >= 0.6 is 11.3 Å². The Morgan fingerprint density at radius 3 is 2.86 bits per heavy atom. The van der Waals surface area contributed by atoms with E-state index in [1.54, 1.807) is 11.3 Å². The molecule has 4 heteroatoms. The molecule has 3 rings (SSSR count). The third kappa shape index (κ3) is 3.32. The highest BCUT2D eigenvalue weighted by atomic mass is 32.1. The van der Waals surface area contributed by atoms with Gasteiger partial charge in [0.25, 0.3) is 0 Å². The molecule has 1 aliphatic heterocycles. The van der Waals surface area contributed by atoms with Crippen LogP contribution in [0.2, 0.25) is 0 Å². The normalized spacial score (nSPS) is 26.9. The van der Waals surface area contributed by atoms with Crippen LogP contribution < -0.4 is 5.32 Å². The van der Waals surface area contributed by atoms with E-state index in [1.165, 1.54) is 31.2 Å². The van der Waals surface area contributed by atoms with E-state index in [0.717, 1.165) is 25.8 Å². The zero-order chi connectivity index (χ0) is 14.7. The first-order valence-electron chi connectivity index (χ1n) is 8.38. The molecule has 2 heterocycles. The largest absolute Gasteiger partial charge is 0.321 e. The lowest BCUT2D eigenvalue weighted by Crippen LogP contribution is -2.34. The summed E-state index contributed by atoms with van der Waals surface area (Å²) < 4.78 is 0. The average molecular weight is 306 g/mol. The quantitative estimate of drug-likeness (QED) is 0.863. The molecule has 0 radical (unpaired) electrons. The van der Waals surface area contributed by atoms with Gasteiger partial charge < -0.3 is 4.90 Å². The molecule has 1 aromatic heterocycles. The van der Waals surface area contributed by atoms with Crippen LogP contribution in [0.3, 0.4) is 0 Å². The molecule has 1 aliphatic carbocycles. The van der Waals surface area contributed by atoms with Crippen molar-refractivity contribution < 1.29 is 4.79 Å². The van der Waals surface area contributed by atoms with Gasteiger partial charge in [-0.2, -0.15) is 11.3 Å². The van der Waals surface area contributed by atoms with E-state index >= 15 is 0 Å². The number of nitrogens with zero attached hydrogens (tertiary/aromatic N) is 1. The molecule has 116 valence electrons. The molecule has 1 N–H and O–H groups in total. The summed E-state index contributed by atoms with van der Waals surface area (Å²) >= 11 is 1.71. The van der Waals surface area contributed by atoms with E-state index in [-0.39, 0.29) is 12.2 Å². The minimum Gasteiger partial charge on any atom is -0.321 e. The topological polar surface area (TPSA) is 32.3 Å². The number of carbonyl (C=O) groups is 1. The van der Waals surface area contributed by atoms with E-state index in [9.17, 15) is 4.79 Å². The Kier molecular flexibility index (Phi) is 4.96. The van der Waals surface area contributed by atoms with Crippen molar-refractivity contribution in [3.05, 3.63) is 22.4 Å². The van der Waals surface area contributed by atoms with Crippen molar-refractivity contribution in [1.82, 2.24) is 10.2 Å². The zero-order valence-electron chi connectivity index (χ0n) is 12.9. The van der Waals surface area contributed by atoms with Crippen molar-refractivity contribution in [1.29, 1.82) is 0 Å². The van der Waals surface area contributed by atoms with Gasteiger partial charge in [0.15, 0.2) is 0 Å². The van der Waals surface area contributed by atoms with E-state index in [1.807, 2.05) is 0 Å². The first-order chi connectivity index (χ1) is 10.3. The van der Waals surface area contributed by atoms with Crippen molar-refractivity contribution in [2.24, 2.45) is 5.92 Å². The first-order valence-corrected chi connectivity index (χ1v) is 9.32. The Balaban J connectivity index is 1.73. The fraction of sp³-hybridized carbons (Fsp3) is 0.706. The third-order valence-electron chi connectivity index (χ3n) is 4.89. The number of hydrogen-bond acceptors (Lipinski definition) is 3. The lowest BCUT2D eigenvalue weighted by Gasteiger charge is -2.26.